The third-order valence-corrected chi connectivity index (χ3v) is 6.02. The molecule has 0 unspecified atom stereocenters. The van der Waals surface area contributed by atoms with Crippen molar-refractivity contribution in [1.29, 1.82) is 0 Å². The molecule has 7 nitrogen and oxygen atoms in total. The van der Waals surface area contributed by atoms with Crippen LogP contribution in [0.5, 0.6) is 0 Å². The Labute approximate surface area is 167 Å². The van der Waals surface area contributed by atoms with Crippen molar-refractivity contribution in [2.75, 3.05) is 31.1 Å². The molecule has 3 aromatic heterocycles. The summed E-state index contributed by atoms with van der Waals surface area (Å²) in [6.07, 6.45) is 1.86. The van der Waals surface area contributed by atoms with Crippen LogP contribution in [-0.2, 0) is 6.54 Å². The molecule has 1 saturated heterocycles. The predicted molar refractivity (Wildman–Crippen MR) is 111 cm³/mol. The average molecular weight is 392 g/mol. The quantitative estimate of drug-likeness (QED) is 0.533. The van der Waals surface area contributed by atoms with Crippen molar-refractivity contribution in [2.45, 2.75) is 13.5 Å². The second kappa shape index (κ2) is 7.29. The molecule has 1 aliphatic rings. The lowest BCUT2D eigenvalue weighted by Crippen LogP contribution is -2.46. The van der Waals surface area contributed by atoms with Crippen LogP contribution >= 0.6 is 11.3 Å². The van der Waals surface area contributed by atoms with E-state index in [-0.39, 0.29) is 0 Å². The molecule has 4 aromatic rings. The van der Waals surface area contributed by atoms with E-state index < -0.39 is 0 Å². The number of nitrogens with zero attached hydrogens (tertiary/aromatic N) is 7. The highest BCUT2D eigenvalue weighted by Crippen LogP contribution is 2.25. The van der Waals surface area contributed by atoms with Crippen LogP contribution in [-0.4, -0.2) is 55.9 Å². The number of aromatic nitrogens is 5. The maximum atomic E-state index is 4.73. The van der Waals surface area contributed by atoms with Crippen molar-refractivity contribution < 1.29 is 0 Å². The second-order valence-corrected chi connectivity index (χ2v) is 7.96. The summed E-state index contributed by atoms with van der Waals surface area (Å²) in [6.45, 7) is 6.79. The zero-order valence-electron chi connectivity index (χ0n) is 15.7. The fraction of sp³-hybridized carbons (Fsp3) is 0.300. The van der Waals surface area contributed by atoms with E-state index in [1.165, 1.54) is 5.69 Å². The summed E-state index contributed by atoms with van der Waals surface area (Å²) in [4.78, 5) is 10.0. The van der Waals surface area contributed by atoms with Gasteiger partial charge in [0.2, 0.25) is 4.96 Å². The van der Waals surface area contributed by atoms with Crippen molar-refractivity contribution in [3.63, 3.8) is 0 Å². The Morgan fingerprint density at radius 3 is 2.54 bits per heavy atom. The van der Waals surface area contributed by atoms with Crippen LogP contribution in [0.15, 0.2) is 48.7 Å². The van der Waals surface area contributed by atoms with Crippen molar-refractivity contribution in [3.05, 3.63) is 60.2 Å². The summed E-state index contributed by atoms with van der Waals surface area (Å²) in [7, 11) is 0. The van der Waals surface area contributed by atoms with Crippen LogP contribution in [0, 0.1) is 6.92 Å². The van der Waals surface area contributed by atoms with Gasteiger partial charge in [-0.1, -0.05) is 29.5 Å². The molecule has 0 bridgehead atoms. The monoisotopic (exact) mass is 391 g/mol. The normalized spacial score (nSPS) is 15.4. The van der Waals surface area contributed by atoms with Crippen molar-refractivity contribution in [2.24, 2.45) is 0 Å². The van der Waals surface area contributed by atoms with Gasteiger partial charge in [-0.3, -0.25) is 9.88 Å². The Hall–Kier alpha value is -2.84. The highest BCUT2D eigenvalue weighted by molar-refractivity contribution is 7.19. The van der Waals surface area contributed by atoms with Crippen LogP contribution in [0.2, 0.25) is 0 Å². The second-order valence-electron chi connectivity index (χ2n) is 7.00. The maximum absolute atomic E-state index is 4.73. The van der Waals surface area contributed by atoms with E-state index in [1.54, 1.807) is 11.3 Å². The molecular formula is C20H21N7S. The molecule has 1 fully saturated rings. The summed E-state index contributed by atoms with van der Waals surface area (Å²) >= 11 is 1.55. The molecule has 5 rings (SSSR count). The van der Waals surface area contributed by atoms with Crippen molar-refractivity contribution in [3.8, 4) is 10.6 Å². The molecule has 0 aliphatic carbocycles. The minimum atomic E-state index is 0.763. The lowest BCUT2D eigenvalue weighted by atomic mass is 10.2. The van der Waals surface area contributed by atoms with Gasteiger partial charge in [0.15, 0.2) is 5.82 Å². The first kappa shape index (κ1) is 17.3. The van der Waals surface area contributed by atoms with Gasteiger partial charge in [-0.2, -0.15) is 9.61 Å². The summed E-state index contributed by atoms with van der Waals surface area (Å²) in [6, 6.07) is 14.7. The first-order valence-corrected chi connectivity index (χ1v) is 10.2. The molecule has 4 heterocycles. The lowest BCUT2D eigenvalue weighted by Gasteiger charge is -2.35. The zero-order chi connectivity index (χ0) is 18.9. The highest BCUT2D eigenvalue weighted by atomic mass is 32.1. The number of fused-ring (bicyclic) bond motifs is 1. The minimum Gasteiger partial charge on any atom is -0.369 e. The standard InChI is InChI=1S/C20H21N7S/c1-15-7-8-16(13-21-15)19-24-27-18(22-23-20(27)28-19)14-25-9-11-26(12-10-25)17-5-3-2-4-6-17/h2-8,13H,9-12,14H2,1H3. The van der Waals surface area contributed by atoms with Crippen LogP contribution in [0.4, 0.5) is 5.69 Å². The Morgan fingerprint density at radius 2 is 1.79 bits per heavy atom. The number of anilines is 1. The Balaban J connectivity index is 1.29. The van der Waals surface area contributed by atoms with E-state index in [0.717, 1.165) is 59.8 Å². The molecule has 1 aromatic carbocycles. The van der Waals surface area contributed by atoms with Crippen molar-refractivity contribution >= 4 is 22.0 Å². The molecule has 0 radical (unpaired) electrons. The van der Waals surface area contributed by atoms with Crippen LogP contribution in [0.3, 0.4) is 0 Å². The molecule has 0 N–H and O–H groups in total. The number of piperazine rings is 1. The molecule has 0 amide bonds. The highest BCUT2D eigenvalue weighted by Gasteiger charge is 2.20. The molecule has 142 valence electrons. The van der Waals surface area contributed by atoms with E-state index in [1.807, 2.05) is 23.7 Å². The van der Waals surface area contributed by atoms with E-state index in [0.29, 0.717) is 0 Å². The lowest BCUT2D eigenvalue weighted by molar-refractivity contribution is 0.242. The molecule has 0 atom stereocenters. The first-order chi connectivity index (χ1) is 13.8. The van der Waals surface area contributed by atoms with Gasteiger partial charge in [-0.15, -0.1) is 10.2 Å². The number of rotatable bonds is 4. The number of pyridine rings is 1. The number of para-hydroxylation sites is 1. The number of hydrogen-bond acceptors (Lipinski definition) is 7. The minimum absolute atomic E-state index is 0.763. The Kier molecular flexibility index (Phi) is 4.50. The summed E-state index contributed by atoms with van der Waals surface area (Å²) in [5.41, 5.74) is 3.31. The van der Waals surface area contributed by atoms with E-state index in [2.05, 4.69) is 61.4 Å². The summed E-state index contributed by atoms with van der Waals surface area (Å²) < 4.78 is 1.88. The average Bonchev–Trinajstić information content (AvgIpc) is 3.32. The SMILES string of the molecule is Cc1ccc(-c2nn3c(CN4CCN(c5ccccc5)CC4)nnc3s2)cn1. The maximum Gasteiger partial charge on any atom is 0.235 e. The fourth-order valence-corrected chi connectivity index (χ4v) is 4.32. The van der Waals surface area contributed by atoms with E-state index in [4.69, 9.17) is 5.10 Å². The Morgan fingerprint density at radius 1 is 0.964 bits per heavy atom. The van der Waals surface area contributed by atoms with Crippen LogP contribution < -0.4 is 4.90 Å². The van der Waals surface area contributed by atoms with Gasteiger partial charge in [0.05, 0.1) is 6.54 Å². The van der Waals surface area contributed by atoms with Gasteiger partial charge in [-0.25, -0.2) is 0 Å². The summed E-state index contributed by atoms with van der Waals surface area (Å²) in [5, 5.41) is 14.3. The Bertz CT molecular complexity index is 1060. The summed E-state index contributed by atoms with van der Waals surface area (Å²) in [5.74, 6) is 0.894. The van der Waals surface area contributed by atoms with E-state index >= 15 is 0 Å². The van der Waals surface area contributed by atoms with Crippen LogP contribution in [0.1, 0.15) is 11.5 Å². The first-order valence-electron chi connectivity index (χ1n) is 9.43. The fourth-order valence-electron chi connectivity index (χ4n) is 3.47. The third-order valence-electron chi connectivity index (χ3n) is 5.07. The van der Waals surface area contributed by atoms with Gasteiger partial charge in [-0.05, 0) is 31.2 Å². The third kappa shape index (κ3) is 3.36. The van der Waals surface area contributed by atoms with Crippen molar-refractivity contribution in [1.82, 2.24) is 29.7 Å². The van der Waals surface area contributed by atoms with Gasteiger partial charge in [0.25, 0.3) is 0 Å². The molecule has 0 saturated carbocycles. The number of aryl methyl sites for hydroxylation is 1. The molecule has 0 spiro atoms. The largest absolute Gasteiger partial charge is 0.369 e. The number of hydrogen-bond donors (Lipinski definition) is 0. The number of benzene rings is 1. The van der Waals surface area contributed by atoms with Gasteiger partial charge in [0, 0.05) is 49.3 Å². The van der Waals surface area contributed by atoms with Gasteiger partial charge >= 0.3 is 0 Å². The zero-order valence-corrected chi connectivity index (χ0v) is 16.5. The molecule has 1 aliphatic heterocycles. The van der Waals surface area contributed by atoms with Gasteiger partial charge in [0.1, 0.15) is 5.01 Å². The van der Waals surface area contributed by atoms with Crippen LogP contribution in [0.25, 0.3) is 15.5 Å². The topological polar surface area (TPSA) is 62.5 Å². The predicted octanol–water partition coefficient (Wildman–Crippen LogP) is 2.88. The molecule has 28 heavy (non-hydrogen) atoms. The van der Waals surface area contributed by atoms with E-state index in [9.17, 15) is 0 Å². The smallest absolute Gasteiger partial charge is 0.235 e. The molecular weight excluding hydrogens is 370 g/mol. The van der Waals surface area contributed by atoms with Gasteiger partial charge < -0.3 is 4.90 Å². The molecule has 8 heteroatoms.